The Labute approximate surface area is 99.3 Å². The summed E-state index contributed by atoms with van der Waals surface area (Å²) in [4.78, 5) is 22.1. The molecule has 82 valence electrons. The van der Waals surface area contributed by atoms with Crippen LogP contribution in [0.25, 0.3) is 6.08 Å². The summed E-state index contributed by atoms with van der Waals surface area (Å²) in [6.07, 6.45) is 1.52. The van der Waals surface area contributed by atoms with E-state index in [0.29, 0.717) is 10.0 Å². The zero-order valence-electron chi connectivity index (χ0n) is 7.95. The molecule has 0 radical (unpaired) electrons. The summed E-state index contributed by atoms with van der Waals surface area (Å²) < 4.78 is 0.520. The molecule has 3 amide bonds. The highest BCUT2D eigenvalue weighted by Gasteiger charge is 2.22. The SMILES string of the molecule is O=C1NC(=O)/C(=C/c2ccc(O)c(Br)c2)N1. The molecular formula is C10H7BrN2O3. The van der Waals surface area contributed by atoms with Crippen LogP contribution in [-0.4, -0.2) is 17.0 Å². The molecule has 1 aromatic rings. The van der Waals surface area contributed by atoms with Crippen LogP contribution < -0.4 is 10.6 Å². The van der Waals surface area contributed by atoms with Crippen molar-refractivity contribution in [3.8, 4) is 5.75 Å². The molecule has 1 aromatic carbocycles. The number of hydrogen-bond acceptors (Lipinski definition) is 3. The standard InChI is InChI=1S/C10H7BrN2O3/c11-6-3-5(1-2-8(6)14)4-7-9(15)13-10(16)12-7/h1-4,14H,(H2,12,13,15,16)/b7-4-. The Morgan fingerprint density at radius 2 is 2.00 bits per heavy atom. The van der Waals surface area contributed by atoms with Gasteiger partial charge in [0.2, 0.25) is 0 Å². The minimum Gasteiger partial charge on any atom is -0.507 e. The molecule has 2 rings (SSSR count). The minimum absolute atomic E-state index is 0.113. The van der Waals surface area contributed by atoms with Gasteiger partial charge < -0.3 is 10.4 Å². The number of aromatic hydroxyl groups is 1. The Balaban J connectivity index is 2.32. The average molecular weight is 283 g/mol. The highest BCUT2D eigenvalue weighted by molar-refractivity contribution is 9.10. The number of carbonyl (C=O) groups excluding carboxylic acids is 2. The van der Waals surface area contributed by atoms with Crippen molar-refractivity contribution in [2.45, 2.75) is 0 Å². The van der Waals surface area contributed by atoms with E-state index in [0.717, 1.165) is 0 Å². The molecule has 16 heavy (non-hydrogen) atoms. The molecule has 0 unspecified atom stereocenters. The van der Waals surface area contributed by atoms with E-state index >= 15 is 0 Å². The molecule has 1 aliphatic rings. The van der Waals surface area contributed by atoms with Crippen molar-refractivity contribution in [1.29, 1.82) is 0 Å². The second kappa shape index (κ2) is 3.97. The zero-order valence-corrected chi connectivity index (χ0v) is 9.54. The predicted octanol–water partition coefficient (Wildman–Crippen LogP) is 1.33. The van der Waals surface area contributed by atoms with Crippen LogP contribution in [0.5, 0.6) is 5.75 Å². The first-order valence-corrected chi connectivity index (χ1v) is 5.18. The maximum Gasteiger partial charge on any atom is 0.326 e. The lowest BCUT2D eigenvalue weighted by Gasteiger charge is -1.99. The van der Waals surface area contributed by atoms with Gasteiger partial charge in [-0.25, -0.2) is 4.79 Å². The van der Waals surface area contributed by atoms with Crippen molar-refractivity contribution >= 4 is 33.9 Å². The Hall–Kier alpha value is -1.82. The molecule has 5 nitrogen and oxygen atoms in total. The van der Waals surface area contributed by atoms with E-state index in [4.69, 9.17) is 0 Å². The van der Waals surface area contributed by atoms with Gasteiger partial charge >= 0.3 is 6.03 Å². The zero-order chi connectivity index (χ0) is 11.7. The molecule has 0 spiro atoms. The Kier molecular flexibility index (Phi) is 2.66. The fraction of sp³-hybridized carbons (Fsp3) is 0. The van der Waals surface area contributed by atoms with Gasteiger partial charge in [0, 0.05) is 0 Å². The maximum absolute atomic E-state index is 11.2. The van der Waals surface area contributed by atoms with E-state index < -0.39 is 11.9 Å². The Bertz CT molecular complexity index is 511. The topological polar surface area (TPSA) is 78.4 Å². The number of rotatable bonds is 1. The lowest BCUT2D eigenvalue weighted by Crippen LogP contribution is -2.22. The summed E-state index contributed by atoms with van der Waals surface area (Å²) in [7, 11) is 0. The second-order valence-corrected chi connectivity index (χ2v) is 4.03. The highest BCUT2D eigenvalue weighted by atomic mass is 79.9. The van der Waals surface area contributed by atoms with Crippen LogP contribution in [0.3, 0.4) is 0 Å². The highest BCUT2D eigenvalue weighted by Crippen LogP contribution is 2.25. The van der Waals surface area contributed by atoms with Crippen molar-refractivity contribution in [3.05, 3.63) is 33.9 Å². The van der Waals surface area contributed by atoms with Crippen LogP contribution in [-0.2, 0) is 4.79 Å². The lowest BCUT2D eigenvalue weighted by molar-refractivity contribution is -0.115. The number of phenolic OH excluding ortho intramolecular Hbond substituents is 1. The van der Waals surface area contributed by atoms with Crippen LogP contribution in [0, 0.1) is 0 Å². The molecule has 1 fully saturated rings. The van der Waals surface area contributed by atoms with Crippen LogP contribution in [0.1, 0.15) is 5.56 Å². The molecule has 0 aliphatic carbocycles. The molecule has 1 saturated heterocycles. The fourth-order valence-electron chi connectivity index (χ4n) is 1.26. The number of benzene rings is 1. The van der Waals surface area contributed by atoms with Gasteiger partial charge in [0.05, 0.1) is 4.47 Å². The summed E-state index contributed by atoms with van der Waals surface area (Å²) in [5.41, 5.74) is 0.875. The molecule has 0 saturated carbocycles. The van der Waals surface area contributed by atoms with E-state index in [9.17, 15) is 14.7 Å². The van der Waals surface area contributed by atoms with Crippen molar-refractivity contribution in [3.63, 3.8) is 0 Å². The third-order valence-corrected chi connectivity index (χ3v) is 2.64. The molecule has 0 atom stereocenters. The summed E-state index contributed by atoms with van der Waals surface area (Å²) in [6, 6.07) is 4.23. The molecular weight excluding hydrogens is 276 g/mol. The van der Waals surface area contributed by atoms with E-state index in [1.54, 1.807) is 12.1 Å². The second-order valence-electron chi connectivity index (χ2n) is 3.18. The summed E-state index contributed by atoms with van der Waals surface area (Å²) in [6.45, 7) is 0. The number of carbonyl (C=O) groups is 2. The van der Waals surface area contributed by atoms with E-state index in [-0.39, 0.29) is 11.4 Å². The van der Waals surface area contributed by atoms with Gasteiger partial charge in [0.1, 0.15) is 11.4 Å². The van der Waals surface area contributed by atoms with Gasteiger partial charge in [-0.05, 0) is 39.7 Å². The van der Waals surface area contributed by atoms with Gasteiger partial charge in [-0.1, -0.05) is 6.07 Å². The van der Waals surface area contributed by atoms with Crippen molar-refractivity contribution in [1.82, 2.24) is 10.6 Å². The quantitative estimate of drug-likeness (QED) is 0.537. The van der Waals surface area contributed by atoms with Crippen molar-refractivity contribution < 1.29 is 14.7 Å². The third kappa shape index (κ3) is 2.06. The summed E-state index contributed by atoms with van der Waals surface area (Å²) >= 11 is 3.16. The smallest absolute Gasteiger partial charge is 0.326 e. The third-order valence-electron chi connectivity index (χ3n) is 2.00. The number of imide groups is 1. The van der Waals surface area contributed by atoms with Gasteiger partial charge in [-0.3, -0.25) is 10.1 Å². The van der Waals surface area contributed by atoms with Crippen LogP contribution >= 0.6 is 15.9 Å². The number of amides is 3. The number of halogens is 1. The molecule has 1 heterocycles. The Morgan fingerprint density at radius 1 is 1.25 bits per heavy atom. The van der Waals surface area contributed by atoms with Crippen LogP contribution in [0.4, 0.5) is 4.79 Å². The van der Waals surface area contributed by atoms with E-state index in [1.807, 2.05) is 0 Å². The molecule has 6 heteroatoms. The monoisotopic (exact) mass is 282 g/mol. The number of urea groups is 1. The van der Waals surface area contributed by atoms with Gasteiger partial charge in [0.15, 0.2) is 0 Å². The molecule has 1 aliphatic heterocycles. The van der Waals surface area contributed by atoms with E-state index in [1.165, 1.54) is 12.1 Å². The Morgan fingerprint density at radius 3 is 2.56 bits per heavy atom. The lowest BCUT2D eigenvalue weighted by atomic mass is 10.2. The van der Waals surface area contributed by atoms with Gasteiger partial charge in [-0.2, -0.15) is 0 Å². The van der Waals surface area contributed by atoms with Crippen molar-refractivity contribution in [2.24, 2.45) is 0 Å². The molecule has 0 bridgehead atoms. The van der Waals surface area contributed by atoms with Gasteiger partial charge in [-0.15, -0.1) is 0 Å². The number of phenols is 1. The summed E-state index contributed by atoms with van der Waals surface area (Å²) in [5.74, 6) is -0.351. The summed E-state index contributed by atoms with van der Waals surface area (Å²) in [5, 5.41) is 13.7. The first kappa shape index (κ1) is 10.7. The van der Waals surface area contributed by atoms with Crippen LogP contribution in [0.15, 0.2) is 28.4 Å². The van der Waals surface area contributed by atoms with Gasteiger partial charge in [0.25, 0.3) is 5.91 Å². The maximum atomic E-state index is 11.2. The van der Waals surface area contributed by atoms with E-state index in [2.05, 4.69) is 26.6 Å². The van der Waals surface area contributed by atoms with Crippen molar-refractivity contribution in [2.75, 3.05) is 0 Å². The first-order valence-electron chi connectivity index (χ1n) is 4.39. The number of nitrogens with one attached hydrogen (secondary N) is 2. The molecule has 0 aromatic heterocycles. The predicted molar refractivity (Wildman–Crippen MR) is 60.5 cm³/mol. The normalized spacial score (nSPS) is 17.4. The molecule has 3 N–H and O–H groups in total. The first-order chi connectivity index (χ1) is 7.56. The number of hydrogen-bond donors (Lipinski definition) is 3. The fourth-order valence-corrected chi connectivity index (χ4v) is 1.66. The average Bonchev–Trinajstić information content (AvgIpc) is 2.51. The minimum atomic E-state index is -0.533. The van der Waals surface area contributed by atoms with Crippen LogP contribution in [0.2, 0.25) is 0 Å². The largest absolute Gasteiger partial charge is 0.507 e.